The van der Waals surface area contributed by atoms with Crippen molar-refractivity contribution in [1.29, 1.82) is 0 Å². The highest BCUT2D eigenvalue weighted by Crippen LogP contribution is 2.39. The highest BCUT2D eigenvalue weighted by atomic mass is 31.2. The summed E-state index contributed by atoms with van der Waals surface area (Å²) in [5.41, 5.74) is -0.758. The molecule has 2 N–H and O–H groups in total. The van der Waals surface area contributed by atoms with Gasteiger partial charge in [-0.25, -0.2) is 14.2 Å². The first-order valence-electron chi connectivity index (χ1n) is 6.78. The maximum atomic E-state index is 11.5. The van der Waals surface area contributed by atoms with Crippen molar-refractivity contribution in [1.82, 2.24) is 0 Å². The minimum absolute atomic E-state index is 0.171. The van der Waals surface area contributed by atoms with Gasteiger partial charge in [-0.2, -0.15) is 0 Å². The summed E-state index contributed by atoms with van der Waals surface area (Å²) < 4.78 is 25.5. The van der Waals surface area contributed by atoms with Crippen molar-refractivity contribution in [3.8, 4) is 0 Å². The van der Waals surface area contributed by atoms with Gasteiger partial charge in [-0.1, -0.05) is 20.1 Å². The number of carbonyl (C=O) groups excluding carboxylic acids is 2. The Morgan fingerprint density at radius 1 is 1.00 bits per heavy atom. The lowest BCUT2D eigenvalue weighted by Gasteiger charge is -2.31. The van der Waals surface area contributed by atoms with Gasteiger partial charge in [-0.05, 0) is 20.3 Å². The smallest absolute Gasteiger partial charge is 0.462 e. The van der Waals surface area contributed by atoms with Gasteiger partial charge in [-0.15, -0.1) is 0 Å². The van der Waals surface area contributed by atoms with Gasteiger partial charge >= 0.3 is 19.8 Å². The van der Waals surface area contributed by atoms with Gasteiger partial charge in [0.25, 0.3) is 0 Å². The van der Waals surface area contributed by atoms with Gasteiger partial charge in [-0.3, -0.25) is 4.52 Å². The van der Waals surface area contributed by atoms with Crippen LogP contribution in [0.25, 0.3) is 0 Å². The number of phosphoric acid groups is 1. The number of hydrogen-bond donors (Lipinski definition) is 2. The van der Waals surface area contributed by atoms with Crippen LogP contribution in [0.5, 0.6) is 0 Å². The normalized spacial score (nSPS) is 11.7. The van der Waals surface area contributed by atoms with E-state index >= 15 is 0 Å². The summed E-state index contributed by atoms with van der Waals surface area (Å²) in [5.74, 6) is -1.32. The molecule has 0 saturated heterocycles. The predicted molar refractivity (Wildman–Crippen MR) is 82.3 cm³/mol. The summed E-state index contributed by atoms with van der Waals surface area (Å²) in [5, 5.41) is 0. The Balaban J connectivity index is 5.07. The van der Waals surface area contributed by atoms with E-state index in [1.807, 2.05) is 0 Å². The molecule has 0 saturated carbocycles. The minimum Gasteiger partial charge on any atom is -0.462 e. The highest BCUT2D eigenvalue weighted by Gasteiger charge is 2.35. The molecule has 0 aromatic rings. The van der Waals surface area contributed by atoms with Crippen molar-refractivity contribution >= 4 is 19.8 Å². The molecule has 0 unspecified atom stereocenters. The lowest BCUT2D eigenvalue weighted by molar-refractivity contribution is -0.151. The summed E-state index contributed by atoms with van der Waals surface area (Å²) >= 11 is 0. The zero-order valence-electron chi connectivity index (χ0n) is 13.5. The molecule has 0 aliphatic carbocycles. The van der Waals surface area contributed by atoms with Crippen molar-refractivity contribution in [3.05, 3.63) is 24.3 Å². The number of ether oxygens (including phenoxy) is 2. The fourth-order valence-electron chi connectivity index (χ4n) is 1.34. The molecule has 0 heterocycles. The van der Waals surface area contributed by atoms with Crippen LogP contribution in [0.2, 0.25) is 0 Å². The summed E-state index contributed by atoms with van der Waals surface area (Å²) in [6.07, 6.45) is 0.278. The standard InChI is InChI=1S/C14H23O8P/c1-6-14(9-22-23(17,18)19,7-20-12(15)10(2)3)8-21-13(16)11(4)5/h2,4,6-9H2,1,3,5H3,(H2,17,18,19). The van der Waals surface area contributed by atoms with Crippen LogP contribution in [0.3, 0.4) is 0 Å². The number of carbonyl (C=O) groups is 2. The molecule has 0 aliphatic rings. The van der Waals surface area contributed by atoms with Gasteiger partial charge in [0, 0.05) is 11.1 Å². The van der Waals surface area contributed by atoms with E-state index in [9.17, 15) is 14.2 Å². The molecule has 0 atom stereocenters. The lowest BCUT2D eigenvalue weighted by atomic mass is 9.88. The van der Waals surface area contributed by atoms with E-state index in [4.69, 9.17) is 19.3 Å². The van der Waals surface area contributed by atoms with Crippen LogP contribution in [-0.2, 0) is 28.2 Å². The molecule has 0 aromatic carbocycles. The second kappa shape index (κ2) is 8.98. The quantitative estimate of drug-likeness (QED) is 0.347. The second-order valence-corrected chi connectivity index (χ2v) is 6.57. The summed E-state index contributed by atoms with van der Waals surface area (Å²) in [6, 6.07) is 0. The maximum absolute atomic E-state index is 11.5. The average Bonchev–Trinajstić information content (AvgIpc) is 2.45. The van der Waals surface area contributed by atoms with Crippen molar-refractivity contribution in [2.75, 3.05) is 19.8 Å². The Hall–Kier alpha value is -1.47. The van der Waals surface area contributed by atoms with Gasteiger partial charge < -0.3 is 19.3 Å². The molecule has 0 bridgehead atoms. The van der Waals surface area contributed by atoms with Gasteiger partial charge in [0.05, 0.1) is 12.0 Å². The Labute approximate surface area is 135 Å². The zero-order valence-corrected chi connectivity index (χ0v) is 14.4. The van der Waals surface area contributed by atoms with E-state index in [0.29, 0.717) is 0 Å². The molecule has 0 radical (unpaired) electrons. The third-order valence-corrected chi connectivity index (χ3v) is 3.47. The van der Waals surface area contributed by atoms with Crippen LogP contribution in [0, 0.1) is 5.41 Å². The molecule has 0 aromatic heterocycles. The fraction of sp³-hybridized carbons (Fsp3) is 0.571. The third kappa shape index (κ3) is 8.66. The predicted octanol–water partition coefficient (Wildman–Crippen LogP) is 1.73. The minimum atomic E-state index is -4.72. The lowest BCUT2D eigenvalue weighted by Crippen LogP contribution is -2.38. The number of hydrogen-bond acceptors (Lipinski definition) is 6. The van der Waals surface area contributed by atoms with E-state index in [0.717, 1.165) is 0 Å². The fourth-order valence-corrected chi connectivity index (χ4v) is 1.78. The van der Waals surface area contributed by atoms with Crippen LogP contribution in [0.15, 0.2) is 24.3 Å². The average molecular weight is 350 g/mol. The summed E-state index contributed by atoms with van der Waals surface area (Å²) in [4.78, 5) is 40.7. The van der Waals surface area contributed by atoms with Crippen LogP contribution in [0.1, 0.15) is 27.2 Å². The molecular weight excluding hydrogens is 327 g/mol. The van der Waals surface area contributed by atoms with Crippen molar-refractivity contribution in [3.63, 3.8) is 0 Å². The monoisotopic (exact) mass is 350 g/mol. The highest BCUT2D eigenvalue weighted by molar-refractivity contribution is 7.46. The molecule has 0 rings (SSSR count). The first kappa shape index (κ1) is 21.5. The molecule has 132 valence electrons. The Morgan fingerprint density at radius 3 is 1.65 bits per heavy atom. The summed E-state index contributed by atoms with van der Waals surface area (Å²) in [6.45, 7) is 10.5. The van der Waals surface area contributed by atoms with Gasteiger partial charge in [0.2, 0.25) is 0 Å². The third-order valence-electron chi connectivity index (χ3n) is 3.00. The maximum Gasteiger partial charge on any atom is 0.469 e. The summed E-state index contributed by atoms with van der Waals surface area (Å²) in [7, 11) is -4.72. The molecule has 0 spiro atoms. The van der Waals surface area contributed by atoms with Gasteiger partial charge in [0.15, 0.2) is 0 Å². The first-order chi connectivity index (χ1) is 10.4. The van der Waals surface area contributed by atoms with E-state index in [-0.39, 0.29) is 30.8 Å². The van der Waals surface area contributed by atoms with E-state index < -0.39 is 31.8 Å². The number of esters is 2. The van der Waals surface area contributed by atoms with E-state index in [1.54, 1.807) is 6.92 Å². The number of rotatable bonds is 10. The van der Waals surface area contributed by atoms with Crippen molar-refractivity contribution in [2.24, 2.45) is 5.41 Å². The van der Waals surface area contributed by atoms with E-state index in [1.165, 1.54) is 13.8 Å². The largest absolute Gasteiger partial charge is 0.469 e. The van der Waals surface area contributed by atoms with Gasteiger partial charge in [0.1, 0.15) is 13.2 Å². The van der Waals surface area contributed by atoms with Crippen molar-refractivity contribution in [2.45, 2.75) is 27.2 Å². The molecule has 9 heteroatoms. The van der Waals surface area contributed by atoms with Crippen LogP contribution >= 0.6 is 7.82 Å². The SMILES string of the molecule is C=C(C)C(=O)OCC(CC)(COC(=O)C(=C)C)COP(=O)(O)O. The zero-order chi connectivity index (χ0) is 18.3. The molecular formula is C14H23O8P. The molecule has 0 amide bonds. The molecule has 8 nitrogen and oxygen atoms in total. The second-order valence-electron chi connectivity index (χ2n) is 5.33. The van der Waals surface area contributed by atoms with E-state index in [2.05, 4.69) is 17.7 Å². The Morgan fingerprint density at radius 2 is 1.39 bits per heavy atom. The molecule has 0 fully saturated rings. The molecule has 0 aliphatic heterocycles. The Kier molecular flexibility index (Phi) is 8.41. The Bertz CT molecular complexity index is 489. The van der Waals surface area contributed by atoms with Crippen LogP contribution < -0.4 is 0 Å². The van der Waals surface area contributed by atoms with Crippen LogP contribution in [0.4, 0.5) is 0 Å². The van der Waals surface area contributed by atoms with Crippen LogP contribution in [-0.4, -0.2) is 41.5 Å². The topological polar surface area (TPSA) is 119 Å². The van der Waals surface area contributed by atoms with Crippen molar-refractivity contribution < 1.29 is 37.9 Å². The number of phosphoric ester groups is 1. The molecule has 23 heavy (non-hydrogen) atoms. The first-order valence-corrected chi connectivity index (χ1v) is 8.31.